The van der Waals surface area contributed by atoms with Gasteiger partial charge >= 0.3 is 6.18 Å². The van der Waals surface area contributed by atoms with Crippen molar-refractivity contribution < 1.29 is 13.2 Å². The van der Waals surface area contributed by atoms with Gasteiger partial charge in [0.15, 0.2) is 0 Å². The highest BCUT2D eigenvalue weighted by Crippen LogP contribution is 2.43. The summed E-state index contributed by atoms with van der Waals surface area (Å²) in [5.41, 5.74) is 8.07. The zero-order valence-corrected chi connectivity index (χ0v) is 19.6. The summed E-state index contributed by atoms with van der Waals surface area (Å²) >= 11 is 0. The first-order valence-electron chi connectivity index (χ1n) is 11.5. The van der Waals surface area contributed by atoms with Gasteiger partial charge in [-0.25, -0.2) is 9.97 Å². The zero-order chi connectivity index (χ0) is 25.1. The van der Waals surface area contributed by atoms with E-state index >= 15 is 0 Å². The van der Waals surface area contributed by atoms with Gasteiger partial charge in [-0.2, -0.15) is 13.2 Å². The van der Waals surface area contributed by atoms with Crippen molar-refractivity contribution in [3.05, 3.63) is 103 Å². The van der Waals surface area contributed by atoms with Crippen LogP contribution in [0.15, 0.2) is 91.3 Å². The molecule has 0 aliphatic heterocycles. The monoisotopic (exact) mass is 476 g/mol. The molecule has 1 heterocycles. The number of para-hydroxylation sites is 2. The molecule has 1 aromatic heterocycles. The summed E-state index contributed by atoms with van der Waals surface area (Å²) in [6.07, 6.45) is -0.0824. The summed E-state index contributed by atoms with van der Waals surface area (Å²) in [4.78, 5) is 10.9. The van der Waals surface area contributed by atoms with Crippen molar-refractivity contribution in [2.45, 2.75) is 38.4 Å². The largest absolute Gasteiger partial charge is 0.416 e. The second kappa shape index (κ2) is 9.88. The summed E-state index contributed by atoms with van der Waals surface area (Å²) in [5, 5.41) is 0. The number of hydrogen-bond acceptors (Lipinski definition) is 4. The van der Waals surface area contributed by atoms with Gasteiger partial charge in [0.1, 0.15) is 5.82 Å². The summed E-state index contributed by atoms with van der Waals surface area (Å²) < 4.78 is 41.1. The molecule has 0 saturated heterocycles. The van der Waals surface area contributed by atoms with E-state index in [0.717, 1.165) is 23.5 Å². The van der Waals surface area contributed by atoms with E-state index < -0.39 is 17.3 Å². The molecule has 7 heteroatoms. The van der Waals surface area contributed by atoms with Crippen LogP contribution in [0.25, 0.3) is 11.1 Å². The molecule has 0 amide bonds. The molecule has 0 aliphatic rings. The summed E-state index contributed by atoms with van der Waals surface area (Å²) in [6, 6.07) is 22.8. The van der Waals surface area contributed by atoms with Gasteiger partial charge in [0.25, 0.3) is 0 Å². The Morgan fingerprint density at radius 1 is 0.771 bits per heavy atom. The normalized spacial score (nSPS) is 11.9. The molecular formula is C28H27F3N4. The molecule has 180 valence electrons. The first-order chi connectivity index (χ1) is 16.8. The smallest absolute Gasteiger partial charge is 0.319 e. The Morgan fingerprint density at radius 2 is 1.29 bits per heavy atom. The number of benzene rings is 3. The van der Waals surface area contributed by atoms with E-state index in [1.807, 2.05) is 79.4 Å². The van der Waals surface area contributed by atoms with Gasteiger partial charge < -0.3 is 10.6 Å². The van der Waals surface area contributed by atoms with Gasteiger partial charge in [-0.15, -0.1) is 0 Å². The third kappa shape index (κ3) is 5.05. The van der Waals surface area contributed by atoms with E-state index in [2.05, 4.69) is 9.97 Å². The van der Waals surface area contributed by atoms with Crippen molar-refractivity contribution in [1.29, 1.82) is 0 Å². The van der Waals surface area contributed by atoms with Crippen LogP contribution in [0.4, 0.5) is 30.2 Å². The molecule has 3 aromatic carbocycles. The third-order valence-corrected chi connectivity index (χ3v) is 6.26. The van der Waals surface area contributed by atoms with E-state index in [1.165, 1.54) is 6.07 Å². The molecule has 4 rings (SSSR count). The Kier molecular flexibility index (Phi) is 6.89. The maximum atomic E-state index is 13.7. The lowest BCUT2D eigenvalue weighted by molar-refractivity contribution is -0.137. The molecule has 0 saturated carbocycles. The van der Waals surface area contributed by atoms with Crippen LogP contribution in [-0.4, -0.2) is 9.97 Å². The fourth-order valence-electron chi connectivity index (χ4n) is 4.01. The minimum atomic E-state index is -4.49. The van der Waals surface area contributed by atoms with Crippen molar-refractivity contribution in [2.75, 3.05) is 4.90 Å². The van der Waals surface area contributed by atoms with Crippen LogP contribution in [0.1, 0.15) is 38.1 Å². The molecule has 0 bridgehead atoms. The van der Waals surface area contributed by atoms with Crippen molar-refractivity contribution in [3.8, 4) is 11.1 Å². The maximum Gasteiger partial charge on any atom is 0.416 e. The van der Waals surface area contributed by atoms with Crippen molar-refractivity contribution >= 4 is 17.1 Å². The van der Waals surface area contributed by atoms with Crippen LogP contribution >= 0.6 is 0 Å². The van der Waals surface area contributed by atoms with Gasteiger partial charge in [-0.3, -0.25) is 0 Å². The predicted molar refractivity (Wildman–Crippen MR) is 134 cm³/mol. The van der Waals surface area contributed by atoms with Crippen molar-refractivity contribution in [2.24, 2.45) is 5.73 Å². The predicted octanol–water partition coefficient (Wildman–Crippen LogP) is 7.61. The van der Waals surface area contributed by atoms with E-state index in [-0.39, 0.29) is 0 Å². The Hall–Kier alpha value is -3.71. The first kappa shape index (κ1) is 24.4. The molecule has 0 unspecified atom stereocenters. The maximum absolute atomic E-state index is 13.7. The molecule has 35 heavy (non-hydrogen) atoms. The van der Waals surface area contributed by atoms with Gasteiger partial charge in [-0.1, -0.05) is 50.2 Å². The second-order valence-electron chi connectivity index (χ2n) is 8.39. The van der Waals surface area contributed by atoms with Gasteiger partial charge in [0, 0.05) is 34.9 Å². The molecular weight excluding hydrogens is 449 g/mol. The quantitative estimate of drug-likeness (QED) is 0.298. The van der Waals surface area contributed by atoms with Gasteiger partial charge in [-0.05, 0) is 55.3 Å². The van der Waals surface area contributed by atoms with Crippen LogP contribution in [-0.2, 0) is 11.7 Å². The topological polar surface area (TPSA) is 55.0 Å². The molecule has 0 aliphatic carbocycles. The van der Waals surface area contributed by atoms with Crippen molar-refractivity contribution in [3.63, 3.8) is 0 Å². The molecule has 0 spiro atoms. The van der Waals surface area contributed by atoms with Crippen LogP contribution < -0.4 is 10.6 Å². The lowest BCUT2D eigenvalue weighted by Gasteiger charge is -2.28. The highest BCUT2D eigenvalue weighted by molar-refractivity contribution is 5.88. The highest BCUT2D eigenvalue weighted by atomic mass is 19.4. The average Bonchev–Trinajstić information content (AvgIpc) is 2.89. The Balaban J connectivity index is 1.93. The van der Waals surface area contributed by atoms with Gasteiger partial charge in [0.2, 0.25) is 0 Å². The highest BCUT2D eigenvalue weighted by Gasteiger charge is 2.32. The van der Waals surface area contributed by atoms with Crippen LogP contribution in [0.2, 0.25) is 0 Å². The number of hydrogen-bond donors (Lipinski definition) is 1. The molecule has 4 aromatic rings. The number of nitrogens with zero attached hydrogens (tertiary/aromatic N) is 3. The fraction of sp³-hybridized carbons (Fsp3) is 0.214. The molecule has 4 nitrogen and oxygen atoms in total. The lowest BCUT2D eigenvalue weighted by atomic mass is 9.93. The van der Waals surface area contributed by atoms with Crippen LogP contribution in [0.3, 0.4) is 0 Å². The third-order valence-electron chi connectivity index (χ3n) is 6.26. The van der Waals surface area contributed by atoms with Crippen LogP contribution in [0, 0.1) is 0 Å². The number of alkyl halides is 3. The molecule has 0 radical (unpaired) electrons. The standard InChI is InChI=1S/C28H27F3N4/c1-3-27(32,4-2)26-33-18-20(19-34-26)24-17-21(28(29,30)31)15-16-25(24)35(22-11-7-5-8-12-22)23-13-9-6-10-14-23/h5-19H,3-4,32H2,1-2H3. The molecule has 2 N–H and O–H groups in total. The Bertz CT molecular complexity index is 1210. The van der Waals surface area contributed by atoms with E-state index in [0.29, 0.717) is 35.5 Å². The number of halogens is 3. The summed E-state index contributed by atoms with van der Waals surface area (Å²) in [7, 11) is 0. The SMILES string of the molecule is CCC(N)(CC)c1ncc(-c2cc(C(F)(F)F)ccc2N(c2ccccc2)c2ccccc2)cn1. The summed E-state index contributed by atoms with van der Waals surface area (Å²) in [5.74, 6) is 0.475. The Labute approximate surface area is 203 Å². The molecule has 0 fully saturated rings. The lowest BCUT2D eigenvalue weighted by Crippen LogP contribution is -2.37. The van der Waals surface area contributed by atoms with Gasteiger partial charge in [0.05, 0.1) is 16.8 Å². The van der Waals surface area contributed by atoms with Crippen LogP contribution in [0.5, 0.6) is 0 Å². The number of rotatable bonds is 7. The number of anilines is 3. The van der Waals surface area contributed by atoms with E-state index in [1.54, 1.807) is 12.4 Å². The van der Waals surface area contributed by atoms with E-state index in [4.69, 9.17) is 5.73 Å². The Morgan fingerprint density at radius 3 is 1.74 bits per heavy atom. The fourth-order valence-corrected chi connectivity index (χ4v) is 4.01. The average molecular weight is 477 g/mol. The minimum Gasteiger partial charge on any atom is -0.319 e. The zero-order valence-electron chi connectivity index (χ0n) is 19.6. The summed E-state index contributed by atoms with van der Waals surface area (Å²) in [6.45, 7) is 3.92. The minimum absolute atomic E-state index is 0.370. The first-order valence-corrected chi connectivity index (χ1v) is 11.5. The number of aromatic nitrogens is 2. The van der Waals surface area contributed by atoms with E-state index in [9.17, 15) is 13.2 Å². The number of nitrogens with two attached hydrogens (primary N) is 1. The van der Waals surface area contributed by atoms with Crippen molar-refractivity contribution in [1.82, 2.24) is 9.97 Å². The second-order valence-corrected chi connectivity index (χ2v) is 8.39. The molecule has 0 atom stereocenters.